The molecule has 0 aliphatic rings. The molecule has 0 radical (unpaired) electrons. The van der Waals surface area contributed by atoms with Crippen LogP contribution in [0.3, 0.4) is 0 Å². The van der Waals surface area contributed by atoms with Crippen molar-refractivity contribution in [2.24, 2.45) is 0 Å². The van der Waals surface area contributed by atoms with Gasteiger partial charge in [0.25, 0.3) is 6.47 Å². The van der Waals surface area contributed by atoms with E-state index in [1.165, 1.54) is 6.42 Å². The van der Waals surface area contributed by atoms with Crippen molar-refractivity contribution in [3.8, 4) is 0 Å². The van der Waals surface area contributed by atoms with Crippen molar-refractivity contribution in [3.05, 3.63) is 0 Å². The van der Waals surface area contributed by atoms with E-state index in [0.717, 1.165) is 5.33 Å². The van der Waals surface area contributed by atoms with Gasteiger partial charge >= 0.3 is 0 Å². The van der Waals surface area contributed by atoms with Crippen molar-refractivity contribution in [2.75, 3.05) is 5.33 Å². The van der Waals surface area contributed by atoms with Crippen LogP contribution in [-0.2, 0) is 4.79 Å². The summed E-state index contributed by atoms with van der Waals surface area (Å²) in [7, 11) is 0. The molecule has 44 valence electrons. The lowest BCUT2D eigenvalue weighted by Gasteiger charge is -1.66. The predicted molar refractivity (Wildman–Crippen MR) is 32.8 cm³/mol. The molecule has 1 N–H and O–H groups in total. The Morgan fingerprint density at radius 3 is 2.00 bits per heavy atom. The minimum absolute atomic E-state index is 0.250. The minimum atomic E-state index is -0.250. The Bertz CT molecular complexity index is 28.9. The van der Waals surface area contributed by atoms with E-state index in [0.29, 0.717) is 0 Å². The number of carboxylic acid groups (broad SMARTS) is 1. The first-order valence-electron chi connectivity index (χ1n) is 1.97. The first-order chi connectivity index (χ1) is 3.33. The van der Waals surface area contributed by atoms with Gasteiger partial charge in [0, 0.05) is 5.33 Å². The maximum absolute atomic E-state index is 8.36. The number of carbonyl (C=O) groups is 1. The lowest BCUT2D eigenvalue weighted by molar-refractivity contribution is -0.122. The monoisotopic (exact) mass is 168 g/mol. The Balaban J connectivity index is 0. The van der Waals surface area contributed by atoms with Crippen LogP contribution in [0.15, 0.2) is 0 Å². The number of alkyl halides is 1. The second kappa shape index (κ2) is 16.8. The van der Waals surface area contributed by atoms with Gasteiger partial charge in [-0.2, -0.15) is 0 Å². The van der Waals surface area contributed by atoms with Crippen LogP contribution in [-0.4, -0.2) is 16.9 Å². The molecule has 3 heteroatoms. The van der Waals surface area contributed by atoms with Gasteiger partial charge in [-0.3, -0.25) is 4.79 Å². The quantitative estimate of drug-likeness (QED) is 0.476. The van der Waals surface area contributed by atoms with E-state index >= 15 is 0 Å². The molecule has 2 nitrogen and oxygen atoms in total. The molecule has 0 saturated carbocycles. The molecule has 0 amide bonds. The highest BCUT2D eigenvalue weighted by Gasteiger charge is 1.58. The smallest absolute Gasteiger partial charge is 0.290 e. The van der Waals surface area contributed by atoms with Gasteiger partial charge < -0.3 is 5.11 Å². The summed E-state index contributed by atoms with van der Waals surface area (Å²) in [5.74, 6) is 0. The highest BCUT2D eigenvalue weighted by molar-refractivity contribution is 9.09. The molecule has 0 atom stereocenters. The van der Waals surface area contributed by atoms with Crippen molar-refractivity contribution in [3.63, 3.8) is 0 Å². The third-order valence-corrected chi connectivity index (χ3v) is 0.982. The zero-order valence-electron chi connectivity index (χ0n) is 4.22. The normalized spacial score (nSPS) is 6.00. The summed E-state index contributed by atoms with van der Waals surface area (Å²) in [5, 5.41) is 8.02. The van der Waals surface area contributed by atoms with Crippen LogP contribution in [0, 0.1) is 0 Å². The van der Waals surface area contributed by atoms with Crippen molar-refractivity contribution >= 4 is 22.4 Å². The third kappa shape index (κ3) is 103. The van der Waals surface area contributed by atoms with Crippen LogP contribution in [0.4, 0.5) is 0 Å². The van der Waals surface area contributed by atoms with Gasteiger partial charge in [0.2, 0.25) is 0 Å². The molecule has 0 bridgehead atoms. The standard InChI is InChI=1S/C3H7Br.CH2O2/c1-2-3-4;2-1-3/h2-3H2,1H3;1H,(H,2,3). The maximum Gasteiger partial charge on any atom is 0.290 e. The Kier molecular flexibility index (Phi) is 24.0. The molecule has 0 aliphatic carbocycles. The fraction of sp³-hybridized carbons (Fsp3) is 0.750. The van der Waals surface area contributed by atoms with Gasteiger partial charge in [0.15, 0.2) is 0 Å². The van der Waals surface area contributed by atoms with Crippen LogP contribution >= 0.6 is 15.9 Å². The van der Waals surface area contributed by atoms with Crippen LogP contribution in [0.1, 0.15) is 13.3 Å². The van der Waals surface area contributed by atoms with Crippen LogP contribution < -0.4 is 0 Å². The largest absolute Gasteiger partial charge is 0.483 e. The zero-order valence-corrected chi connectivity index (χ0v) is 5.81. The second-order valence-electron chi connectivity index (χ2n) is 0.794. The molecule has 0 rings (SSSR count). The topological polar surface area (TPSA) is 37.3 Å². The van der Waals surface area contributed by atoms with Gasteiger partial charge in [0.05, 0.1) is 0 Å². The summed E-state index contributed by atoms with van der Waals surface area (Å²) < 4.78 is 0. The van der Waals surface area contributed by atoms with E-state index in [1.54, 1.807) is 0 Å². The molecule has 0 unspecified atom stereocenters. The molecule has 0 aromatic carbocycles. The average molecular weight is 169 g/mol. The SMILES string of the molecule is CCCBr.O=CO. The Hall–Kier alpha value is -0.0500. The Morgan fingerprint density at radius 2 is 2.00 bits per heavy atom. The average Bonchev–Trinajstić information content (AvgIpc) is 1.69. The van der Waals surface area contributed by atoms with Crippen LogP contribution in [0.5, 0.6) is 0 Å². The number of halogens is 1. The third-order valence-electron chi connectivity index (χ3n) is 0.189. The van der Waals surface area contributed by atoms with E-state index in [-0.39, 0.29) is 6.47 Å². The van der Waals surface area contributed by atoms with E-state index in [4.69, 9.17) is 9.90 Å². The molecule has 0 spiro atoms. The van der Waals surface area contributed by atoms with Crippen molar-refractivity contribution in [1.29, 1.82) is 0 Å². The van der Waals surface area contributed by atoms with Gasteiger partial charge in [-0.05, 0) is 6.42 Å². The second-order valence-corrected chi connectivity index (χ2v) is 1.59. The highest BCUT2D eigenvalue weighted by Crippen LogP contribution is 1.80. The molecular formula is C4H9BrO2. The molecule has 0 aromatic heterocycles. The summed E-state index contributed by atoms with van der Waals surface area (Å²) in [5.41, 5.74) is 0. The summed E-state index contributed by atoms with van der Waals surface area (Å²) in [4.78, 5) is 8.36. The molecule has 0 fully saturated rings. The zero-order chi connectivity index (χ0) is 6.12. The van der Waals surface area contributed by atoms with Gasteiger partial charge in [-0.1, -0.05) is 22.9 Å². The summed E-state index contributed by atoms with van der Waals surface area (Å²) in [6.07, 6.45) is 1.24. The molecule has 0 aliphatic heterocycles. The van der Waals surface area contributed by atoms with E-state index < -0.39 is 0 Å². The van der Waals surface area contributed by atoms with Crippen molar-refractivity contribution < 1.29 is 9.90 Å². The van der Waals surface area contributed by atoms with Crippen LogP contribution in [0.25, 0.3) is 0 Å². The molecule has 7 heavy (non-hydrogen) atoms. The van der Waals surface area contributed by atoms with E-state index in [2.05, 4.69) is 22.9 Å². The number of rotatable bonds is 1. The summed E-state index contributed by atoms with van der Waals surface area (Å²) in [6, 6.07) is 0. The minimum Gasteiger partial charge on any atom is -0.483 e. The highest BCUT2D eigenvalue weighted by atomic mass is 79.9. The fourth-order valence-corrected chi connectivity index (χ4v) is 0. The van der Waals surface area contributed by atoms with Gasteiger partial charge in [-0.15, -0.1) is 0 Å². The summed E-state index contributed by atoms with van der Waals surface area (Å²) >= 11 is 3.25. The van der Waals surface area contributed by atoms with Gasteiger partial charge in [0.1, 0.15) is 0 Å². The lowest BCUT2D eigenvalue weighted by atomic mass is 10.6. The fourth-order valence-electron chi connectivity index (χ4n) is 0. The number of hydrogen-bond donors (Lipinski definition) is 1. The van der Waals surface area contributed by atoms with E-state index in [1.807, 2.05) is 0 Å². The van der Waals surface area contributed by atoms with Crippen LogP contribution in [0.2, 0.25) is 0 Å². The molecule has 0 heterocycles. The first kappa shape index (κ1) is 10.0. The predicted octanol–water partition coefficient (Wildman–Crippen LogP) is 1.49. The van der Waals surface area contributed by atoms with Crippen molar-refractivity contribution in [2.45, 2.75) is 13.3 Å². The Morgan fingerprint density at radius 1 is 1.86 bits per heavy atom. The number of hydrogen-bond acceptors (Lipinski definition) is 1. The van der Waals surface area contributed by atoms with Gasteiger partial charge in [-0.25, -0.2) is 0 Å². The molecule has 0 aromatic rings. The molecule has 0 saturated heterocycles. The lowest BCUT2D eigenvalue weighted by Crippen LogP contribution is -1.54. The molecular weight excluding hydrogens is 160 g/mol. The Labute approximate surface area is 51.7 Å². The first-order valence-corrected chi connectivity index (χ1v) is 3.09. The summed E-state index contributed by atoms with van der Waals surface area (Å²) in [6.45, 7) is 1.88. The van der Waals surface area contributed by atoms with Crippen molar-refractivity contribution in [1.82, 2.24) is 0 Å². The van der Waals surface area contributed by atoms with E-state index in [9.17, 15) is 0 Å². The maximum atomic E-state index is 8.36.